The molecule has 14 heteroatoms. The molecule has 234 valence electrons. The topological polar surface area (TPSA) is 110 Å². The molecular formula is C29H35ClF4N6O3. The van der Waals surface area contributed by atoms with Crippen molar-refractivity contribution >= 4 is 46.2 Å². The second-order valence-electron chi connectivity index (χ2n) is 11.7. The van der Waals surface area contributed by atoms with Gasteiger partial charge in [0.2, 0.25) is 24.2 Å². The fourth-order valence-corrected chi connectivity index (χ4v) is 4.91. The van der Waals surface area contributed by atoms with Crippen molar-refractivity contribution in [2.75, 3.05) is 11.9 Å². The first-order chi connectivity index (χ1) is 20.2. The van der Waals surface area contributed by atoms with E-state index in [0.29, 0.717) is 29.5 Å². The third-order valence-corrected chi connectivity index (χ3v) is 7.60. The van der Waals surface area contributed by atoms with Gasteiger partial charge in [-0.05, 0) is 49.4 Å². The minimum Gasteiger partial charge on any atom is -0.471 e. The Morgan fingerprint density at radius 1 is 1.09 bits per heavy atom. The third kappa shape index (κ3) is 8.07. The van der Waals surface area contributed by atoms with Crippen molar-refractivity contribution < 1.29 is 31.9 Å². The molecule has 1 fully saturated rings. The molecule has 4 rings (SSSR count). The van der Waals surface area contributed by atoms with Crippen LogP contribution in [-0.2, 0) is 18.4 Å². The van der Waals surface area contributed by atoms with Crippen LogP contribution in [-0.4, -0.2) is 51.8 Å². The summed E-state index contributed by atoms with van der Waals surface area (Å²) < 4.78 is 58.9. The van der Waals surface area contributed by atoms with Crippen molar-refractivity contribution in [2.24, 2.45) is 18.4 Å². The summed E-state index contributed by atoms with van der Waals surface area (Å²) in [6.07, 6.45) is -3.91. The molecule has 1 aliphatic rings. The predicted octanol–water partition coefficient (Wildman–Crippen LogP) is 6.23. The maximum atomic E-state index is 13.2. The minimum absolute atomic E-state index is 0.0941. The highest BCUT2D eigenvalue weighted by atomic mass is 35.5. The summed E-state index contributed by atoms with van der Waals surface area (Å²) in [5.41, 5.74) is 1.17. The molecule has 0 saturated heterocycles. The van der Waals surface area contributed by atoms with Gasteiger partial charge in [-0.3, -0.25) is 14.2 Å². The zero-order valence-electron chi connectivity index (χ0n) is 24.3. The molecule has 3 N–H and O–H groups in total. The summed E-state index contributed by atoms with van der Waals surface area (Å²) in [6, 6.07) is 6.27. The number of carbonyl (C=O) groups is 2. The number of aromatic nitrogens is 3. The number of rotatable bonds is 10. The number of pyridine rings is 1. The fourth-order valence-electron chi connectivity index (χ4n) is 4.75. The maximum Gasteiger partial charge on any atom is 0.272 e. The summed E-state index contributed by atoms with van der Waals surface area (Å²) in [5, 5.41) is 9.20. The van der Waals surface area contributed by atoms with Gasteiger partial charge in [0.05, 0.1) is 10.7 Å². The first kappa shape index (κ1) is 32.3. The zero-order valence-corrected chi connectivity index (χ0v) is 25.1. The number of nitrogens with one attached hydrogen (secondary N) is 3. The molecule has 2 amide bonds. The van der Waals surface area contributed by atoms with Crippen molar-refractivity contribution in [1.82, 2.24) is 25.2 Å². The second-order valence-corrected chi connectivity index (χ2v) is 12.1. The van der Waals surface area contributed by atoms with Crippen LogP contribution >= 0.6 is 11.6 Å². The van der Waals surface area contributed by atoms with E-state index in [0.717, 1.165) is 5.56 Å². The molecule has 1 aliphatic carbocycles. The number of aryl methyl sites for hydroxylation is 1. The molecule has 0 spiro atoms. The molecule has 0 atom stereocenters. The predicted molar refractivity (Wildman–Crippen MR) is 155 cm³/mol. The lowest BCUT2D eigenvalue weighted by atomic mass is 9.86. The number of anilines is 2. The van der Waals surface area contributed by atoms with E-state index in [1.54, 1.807) is 29.8 Å². The van der Waals surface area contributed by atoms with Crippen LogP contribution in [0, 0.1) is 11.3 Å². The molecule has 0 aliphatic heterocycles. The van der Waals surface area contributed by atoms with E-state index in [-0.39, 0.29) is 53.9 Å². The molecule has 2 heterocycles. The minimum atomic E-state index is -2.80. The van der Waals surface area contributed by atoms with Crippen molar-refractivity contribution in [3.8, 4) is 5.88 Å². The van der Waals surface area contributed by atoms with Crippen LogP contribution in [0.1, 0.15) is 62.4 Å². The number of hydrogen-bond acceptors (Lipinski definition) is 6. The van der Waals surface area contributed by atoms with E-state index in [4.69, 9.17) is 16.3 Å². The number of carbonyl (C=O) groups excluding carboxylic acids is 2. The van der Waals surface area contributed by atoms with Crippen LogP contribution in [0.5, 0.6) is 5.88 Å². The number of imidazole rings is 1. The Morgan fingerprint density at radius 2 is 1.79 bits per heavy atom. The number of hydrogen-bond donors (Lipinski definition) is 3. The SMILES string of the molecule is Cn1c(Nc2cc(CNC(=O)C(C)(C)C)ccc2Cl)nc2cc(C(=O)N[C@H]3CC[C@H](C(F)F)CC3)c(OCC(F)F)nc21. The number of nitrogens with zero attached hydrogens (tertiary/aromatic N) is 3. The van der Waals surface area contributed by atoms with E-state index in [1.807, 2.05) is 20.8 Å². The van der Waals surface area contributed by atoms with E-state index in [9.17, 15) is 27.2 Å². The lowest BCUT2D eigenvalue weighted by molar-refractivity contribution is -0.128. The van der Waals surface area contributed by atoms with Gasteiger partial charge in [0.25, 0.3) is 12.3 Å². The Balaban J connectivity index is 1.58. The highest BCUT2D eigenvalue weighted by molar-refractivity contribution is 6.33. The van der Waals surface area contributed by atoms with Crippen LogP contribution in [0.3, 0.4) is 0 Å². The fraction of sp³-hybridized carbons (Fsp3) is 0.517. The monoisotopic (exact) mass is 626 g/mol. The van der Waals surface area contributed by atoms with Crippen molar-refractivity contribution in [3.05, 3.63) is 40.4 Å². The van der Waals surface area contributed by atoms with Crippen LogP contribution in [0.2, 0.25) is 5.02 Å². The van der Waals surface area contributed by atoms with Crippen LogP contribution in [0.4, 0.5) is 29.2 Å². The van der Waals surface area contributed by atoms with E-state index in [2.05, 4.69) is 25.9 Å². The van der Waals surface area contributed by atoms with Gasteiger partial charge in [-0.2, -0.15) is 4.98 Å². The standard InChI is InChI=1S/C29H35ClF4N6O3/c1-29(2,3)27(42)35-13-15-5-10-19(30)20(11-15)37-28-38-21-12-18(26(43-14-22(31)32)39-24(21)40(28)4)25(41)36-17-8-6-16(7-9-17)23(33)34/h5,10-12,16-17,22-23H,6-9,13-14H2,1-4H3,(H,35,42)(H,36,41)(H,37,38)/t16-,17-. The van der Waals surface area contributed by atoms with Gasteiger partial charge in [0.15, 0.2) is 12.3 Å². The van der Waals surface area contributed by atoms with Gasteiger partial charge >= 0.3 is 0 Å². The molecule has 0 unspecified atom stereocenters. The molecular weight excluding hydrogens is 592 g/mol. The smallest absolute Gasteiger partial charge is 0.272 e. The number of ether oxygens (including phenoxy) is 1. The van der Waals surface area contributed by atoms with Crippen LogP contribution in [0.25, 0.3) is 11.2 Å². The van der Waals surface area contributed by atoms with Gasteiger partial charge in [0.1, 0.15) is 11.1 Å². The summed E-state index contributed by atoms with van der Waals surface area (Å²) in [7, 11) is 1.64. The Labute approximate surface area is 251 Å². The lowest BCUT2D eigenvalue weighted by Gasteiger charge is -2.28. The van der Waals surface area contributed by atoms with Crippen LogP contribution in [0.15, 0.2) is 24.3 Å². The molecule has 0 bridgehead atoms. The summed E-state index contributed by atoms with van der Waals surface area (Å²) >= 11 is 6.43. The van der Waals surface area contributed by atoms with Gasteiger partial charge in [-0.25, -0.2) is 22.5 Å². The number of benzene rings is 1. The first-order valence-electron chi connectivity index (χ1n) is 13.9. The Hall–Kier alpha value is -3.61. The number of fused-ring (bicyclic) bond motifs is 1. The highest BCUT2D eigenvalue weighted by Gasteiger charge is 2.29. The van der Waals surface area contributed by atoms with Gasteiger partial charge in [-0.15, -0.1) is 0 Å². The summed E-state index contributed by atoms with van der Waals surface area (Å²) in [6.45, 7) is 4.75. The van der Waals surface area contributed by atoms with Crippen LogP contribution < -0.4 is 20.7 Å². The Kier molecular flexibility index (Phi) is 10.0. The lowest BCUT2D eigenvalue weighted by Crippen LogP contribution is -2.38. The molecule has 3 aromatic rings. The molecule has 1 saturated carbocycles. The molecule has 0 radical (unpaired) electrons. The van der Waals surface area contributed by atoms with Crippen molar-refractivity contribution in [1.29, 1.82) is 0 Å². The molecule has 43 heavy (non-hydrogen) atoms. The van der Waals surface area contributed by atoms with E-state index in [1.165, 1.54) is 6.07 Å². The first-order valence-corrected chi connectivity index (χ1v) is 14.3. The molecule has 2 aromatic heterocycles. The summed E-state index contributed by atoms with van der Waals surface area (Å²) in [5.74, 6) is -1.43. The summed E-state index contributed by atoms with van der Waals surface area (Å²) in [4.78, 5) is 34.4. The largest absolute Gasteiger partial charge is 0.471 e. The average molecular weight is 627 g/mol. The molecule has 9 nitrogen and oxygen atoms in total. The van der Waals surface area contributed by atoms with Gasteiger partial charge in [0, 0.05) is 31.0 Å². The van der Waals surface area contributed by atoms with E-state index < -0.39 is 36.7 Å². The normalized spacial score (nSPS) is 17.4. The molecule has 1 aromatic carbocycles. The average Bonchev–Trinajstić information content (AvgIpc) is 3.25. The Morgan fingerprint density at radius 3 is 2.42 bits per heavy atom. The quantitative estimate of drug-likeness (QED) is 0.230. The second kappa shape index (κ2) is 13.4. The van der Waals surface area contributed by atoms with Gasteiger partial charge < -0.3 is 20.7 Å². The number of halogens is 5. The Bertz CT molecular complexity index is 1470. The third-order valence-electron chi connectivity index (χ3n) is 7.28. The number of amides is 2. The number of alkyl halides is 4. The maximum absolute atomic E-state index is 13.2. The van der Waals surface area contributed by atoms with Crippen molar-refractivity contribution in [2.45, 2.75) is 71.9 Å². The zero-order chi connectivity index (χ0) is 31.5. The highest BCUT2D eigenvalue weighted by Crippen LogP contribution is 2.32. The van der Waals surface area contributed by atoms with E-state index >= 15 is 0 Å². The van der Waals surface area contributed by atoms with Gasteiger partial charge in [-0.1, -0.05) is 38.4 Å². The van der Waals surface area contributed by atoms with Crippen molar-refractivity contribution in [3.63, 3.8) is 0 Å².